The van der Waals surface area contributed by atoms with E-state index in [0.717, 1.165) is 38.5 Å². The molecule has 0 bridgehead atoms. The smallest absolute Gasteiger partial charge is 0.309 e. The Bertz CT molecular complexity index is 1750. The Balaban J connectivity index is 1.26. The van der Waals surface area contributed by atoms with Gasteiger partial charge in [0, 0.05) is 11.9 Å². The Morgan fingerprint density at radius 3 is 2.41 bits per heavy atom. The van der Waals surface area contributed by atoms with E-state index in [4.69, 9.17) is 9.47 Å². The molecule has 0 unspecified atom stereocenters. The lowest BCUT2D eigenvalue weighted by molar-refractivity contribution is -0.139. The van der Waals surface area contributed by atoms with Crippen molar-refractivity contribution in [1.29, 1.82) is 0 Å². The van der Waals surface area contributed by atoms with Gasteiger partial charge in [-0.25, -0.2) is 18.1 Å². The van der Waals surface area contributed by atoms with Gasteiger partial charge in [-0.05, 0) is 64.7 Å². The van der Waals surface area contributed by atoms with E-state index < -0.39 is 10.0 Å². The molecule has 0 amide bonds. The molecule has 1 aromatic heterocycles. The quantitative estimate of drug-likeness (QED) is 0.245. The fourth-order valence-electron chi connectivity index (χ4n) is 4.41. The summed E-state index contributed by atoms with van der Waals surface area (Å²) in [5, 5.41) is 2.73. The highest BCUT2D eigenvalue weighted by atomic mass is 32.2. The van der Waals surface area contributed by atoms with E-state index in [1.165, 1.54) is 7.11 Å². The zero-order valence-electron chi connectivity index (χ0n) is 21.5. The van der Waals surface area contributed by atoms with E-state index >= 15 is 0 Å². The number of para-hydroxylation sites is 1. The van der Waals surface area contributed by atoms with Crippen LogP contribution >= 0.6 is 0 Å². The maximum atomic E-state index is 13.1. The molecular weight excluding hydrogens is 512 g/mol. The minimum atomic E-state index is -3.74. The molecule has 0 saturated heterocycles. The van der Waals surface area contributed by atoms with Crippen molar-refractivity contribution in [2.45, 2.75) is 24.3 Å². The van der Waals surface area contributed by atoms with Gasteiger partial charge in [-0.3, -0.25) is 4.79 Å². The summed E-state index contributed by atoms with van der Waals surface area (Å²) >= 11 is 0. The average Bonchev–Trinajstić information content (AvgIpc) is 2.96. The number of benzene rings is 4. The Morgan fingerprint density at radius 1 is 0.821 bits per heavy atom. The van der Waals surface area contributed by atoms with Crippen LogP contribution in [0.25, 0.3) is 21.7 Å². The third-order valence-corrected chi connectivity index (χ3v) is 7.96. The SMILES string of the molecule is COC(=O)Cc1ccccc1CCNS(=O)(=O)c1ccc2ccc(OCc3ccc4ccccc4n3)cc2c1. The summed E-state index contributed by atoms with van der Waals surface area (Å²) in [6.45, 7) is 0.494. The van der Waals surface area contributed by atoms with Crippen LogP contribution in [0.5, 0.6) is 5.75 Å². The van der Waals surface area contributed by atoms with Gasteiger partial charge in [0.05, 0.1) is 29.6 Å². The van der Waals surface area contributed by atoms with Gasteiger partial charge in [0.2, 0.25) is 10.0 Å². The van der Waals surface area contributed by atoms with Crippen LogP contribution < -0.4 is 9.46 Å². The summed E-state index contributed by atoms with van der Waals surface area (Å²) in [6.07, 6.45) is 0.589. The molecule has 0 aliphatic carbocycles. The van der Waals surface area contributed by atoms with Crippen LogP contribution in [0.2, 0.25) is 0 Å². The number of fused-ring (bicyclic) bond motifs is 2. The molecule has 0 aliphatic heterocycles. The summed E-state index contributed by atoms with van der Waals surface area (Å²) in [5.74, 6) is 0.290. The average molecular weight is 541 g/mol. The molecule has 0 radical (unpaired) electrons. The molecule has 1 N–H and O–H groups in total. The first-order valence-corrected chi connectivity index (χ1v) is 14.0. The van der Waals surface area contributed by atoms with Crippen molar-refractivity contribution in [3.8, 4) is 5.75 Å². The number of rotatable bonds is 10. The molecule has 0 aliphatic rings. The number of nitrogens with one attached hydrogen (secondary N) is 1. The molecule has 1 heterocycles. The lowest BCUT2D eigenvalue weighted by Gasteiger charge is -2.11. The normalized spacial score (nSPS) is 11.5. The van der Waals surface area contributed by atoms with Crippen LogP contribution in [0.3, 0.4) is 0 Å². The molecule has 0 atom stereocenters. The number of pyridine rings is 1. The van der Waals surface area contributed by atoms with Crippen molar-refractivity contribution in [1.82, 2.24) is 9.71 Å². The predicted octanol–water partition coefficient (Wildman–Crippen LogP) is 5.20. The first-order chi connectivity index (χ1) is 18.9. The highest BCUT2D eigenvalue weighted by Gasteiger charge is 2.15. The number of nitrogens with zero attached hydrogens (tertiary/aromatic N) is 1. The van der Waals surface area contributed by atoms with Gasteiger partial charge in [-0.15, -0.1) is 0 Å². The van der Waals surface area contributed by atoms with Gasteiger partial charge >= 0.3 is 5.97 Å². The third kappa shape index (κ3) is 6.42. The Labute approximate surface area is 227 Å². The zero-order valence-corrected chi connectivity index (χ0v) is 22.3. The topological polar surface area (TPSA) is 94.6 Å². The first-order valence-electron chi connectivity index (χ1n) is 12.6. The number of carbonyl (C=O) groups is 1. The van der Waals surface area contributed by atoms with E-state index in [-0.39, 0.29) is 23.8 Å². The van der Waals surface area contributed by atoms with Crippen LogP contribution in [-0.2, 0) is 39.0 Å². The maximum Gasteiger partial charge on any atom is 0.309 e. The van der Waals surface area contributed by atoms with E-state index in [1.807, 2.05) is 78.9 Å². The van der Waals surface area contributed by atoms with Gasteiger partial charge in [0.25, 0.3) is 0 Å². The van der Waals surface area contributed by atoms with Crippen molar-refractivity contribution >= 4 is 37.7 Å². The lowest BCUT2D eigenvalue weighted by Crippen LogP contribution is -2.26. The van der Waals surface area contributed by atoms with Crippen LogP contribution in [0.15, 0.2) is 102 Å². The predicted molar refractivity (Wildman–Crippen MR) is 151 cm³/mol. The first kappa shape index (κ1) is 26.3. The number of ether oxygens (including phenoxy) is 2. The lowest BCUT2D eigenvalue weighted by atomic mass is 10.0. The van der Waals surface area contributed by atoms with Gasteiger partial charge in [-0.1, -0.05) is 60.7 Å². The van der Waals surface area contributed by atoms with Crippen molar-refractivity contribution in [2.75, 3.05) is 13.7 Å². The van der Waals surface area contributed by atoms with Crippen LogP contribution in [0.4, 0.5) is 0 Å². The third-order valence-electron chi connectivity index (χ3n) is 6.50. The van der Waals surface area contributed by atoms with E-state index in [2.05, 4.69) is 9.71 Å². The van der Waals surface area contributed by atoms with Crippen LogP contribution in [0, 0.1) is 0 Å². The Morgan fingerprint density at radius 2 is 1.56 bits per heavy atom. The minimum absolute atomic E-state index is 0.144. The van der Waals surface area contributed by atoms with Crippen molar-refractivity contribution in [3.63, 3.8) is 0 Å². The van der Waals surface area contributed by atoms with E-state index in [1.54, 1.807) is 18.2 Å². The molecular formula is C31H28N2O5S. The number of esters is 1. The summed E-state index contributed by atoms with van der Waals surface area (Å²) in [4.78, 5) is 16.5. The van der Waals surface area contributed by atoms with E-state index in [9.17, 15) is 13.2 Å². The number of methoxy groups -OCH3 is 1. The number of hydrogen-bond acceptors (Lipinski definition) is 6. The molecule has 0 fully saturated rings. The Hall–Kier alpha value is -4.27. The number of aromatic nitrogens is 1. The summed E-state index contributed by atoms with van der Waals surface area (Å²) < 4.78 is 39.5. The van der Waals surface area contributed by atoms with Crippen molar-refractivity contribution in [3.05, 3.63) is 114 Å². The second-order valence-electron chi connectivity index (χ2n) is 9.12. The highest BCUT2D eigenvalue weighted by Crippen LogP contribution is 2.25. The monoisotopic (exact) mass is 540 g/mol. The zero-order chi connectivity index (χ0) is 27.2. The molecule has 5 rings (SSSR count). The molecule has 39 heavy (non-hydrogen) atoms. The van der Waals surface area contributed by atoms with E-state index in [0.29, 0.717) is 18.8 Å². The molecule has 8 heteroatoms. The summed E-state index contributed by atoms with van der Waals surface area (Å²) in [7, 11) is -2.40. The molecule has 5 aromatic rings. The molecule has 198 valence electrons. The number of carbonyl (C=O) groups excluding carboxylic acids is 1. The summed E-state index contributed by atoms with van der Waals surface area (Å²) in [6, 6.07) is 29.9. The minimum Gasteiger partial charge on any atom is -0.487 e. The molecule has 0 saturated carbocycles. The number of hydrogen-bond donors (Lipinski definition) is 1. The fourth-order valence-corrected chi connectivity index (χ4v) is 5.48. The van der Waals surface area contributed by atoms with Gasteiger partial charge < -0.3 is 9.47 Å². The van der Waals surface area contributed by atoms with Crippen molar-refractivity contribution in [2.24, 2.45) is 0 Å². The fraction of sp³-hybridized carbons (Fsp3) is 0.161. The highest BCUT2D eigenvalue weighted by molar-refractivity contribution is 7.89. The van der Waals surface area contributed by atoms with Crippen molar-refractivity contribution < 1.29 is 22.7 Å². The van der Waals surface area contributed by atoms with Gasteiger partial charge in [0.15, 0.2) is 0 Å². The Kier molecular flexibility index (Phi) is 7.86. The van der Waals surface area contributed by atoms with Crippen LogP contribution in [-0.4, -0.2) is 33.0 Å². The maximum absolute atomic E-state index is 13.1. The molecule has 7 nitrogen and oxygen atoms in total. The van der Waals surface area contributed by atoms with Crippen LogP contribution in [0.1, 0.15) is 16.8 Å². The second kappa shape index (κ2) is 11.6. The largest absolute Gasteiger partial charge is 0.487 e. The molecule has 0 spiro atoms. The standard InChI is InChI=1S/C31H28N2O5S/c1-37-31(34)20-25-8-3-2-6-22(25)16-17-32-39(35,36)29-15-12-23-11-14-28(18-26(23)19-29)38-21-27-13-10-24-7-4-5-9-30(24)33-27/h2-15,18-19,32H,16-17,20-21H2,1H3. The number of sulfonamides is 1. The molecule has 4 aromatic carbocycles. The van der Waals surface area contributed by atoms with Gasteiger partial charge in [0.1, 0.15) is 12.4 Å². The summed E-state index contributed by atoms with van der Waals surface area (Å²) in [5.41, 5.74) is 3.43. The van der Waals surface area contributed by atoms with Gasteiger partial charge in [-0.2, -0.15) is 0 Å². The second-order valence-corrected chi connectivity index (χ2v) is 10.9.